The van der Waals surface area contributed by atoms with Crippen LogP contribution in [0.4, 0.5) is 10.8 Å². The molecule has 0 aliphatic carbocycles. The topological polar surface area (TPSA) is 170 Å². The number of nitrogens with zero attached hydrogens (tertiary/aromatic N) is 1. The van der Waals surface area contributed by atoms with Crippen molar-refractivity contribution in [2.75, 3.05) is 31.2 Å². The molecule has 3 aromatic rings. The molecule has 1 heterocycles. The number of nitrogens with two attached hydrogens (primary N) is 1. The highest BCUT2D eigenvalue weighted by molar-refractivity contribution is 7.13. The first-order valence-electron chi connectivity index (χ1n) is 9.95. The van der Waals surface area contributed by atoms with Crippen molar-refractivity contribution in [3.63, 3.8) is 0 Å². The molecule has 10 nitrogen and oxygen atoms in total. The van der Waals surface area contributed by atoms with Gasteiger partial charge in [0.2, 0.25) is 5.79 Å². The van der Waals surface area contributed by atoms with E-state index in [2.05, 4.69) is 15.6 Å². The lowest BCUT2D eigenvalue weighted by Crippen LogP contribution is -2.40. The zero-order valence-corrected chi connectivity index (χ0v) is 18.6. The normalized spacial score (nSPS) is 13.0. The van der Waals surface area contributed by atoms with Gasteiger partial charge >= 0.3 is 0 Å². The van der Waals surface area contributed by atoms with Crippen molar-refractivity contribution in [3.05, 3.63) is 76.8 Å². The lowest BCUT2D eigenvalue weighted by molar-refractivity contribution is -0.185. The van der Waals surface area contributed by atoms with Crippen LogP contribution in [0.2, 0.25) is 0 Å². The Balaban J connectivity index is 1.58. The summed E-state index contributed by atoms with van der Waals surface area (Å²) in [7, 11) is 1.58. The SMILES string of the molecule is COC(CNCC(O)(O)c1ccc(NC(=O)C(O)(O)c2csc(N)n2)cc1)c1ccccc1. The van der Waals surface area contributed by atoms with E-state index >= 15 is 0 Å². The number of rotatable bonds is 10. The van der Waals surface area contributed by atoms with Crippen molar-refractivity contribution < 1.29 is 30.0 Å². The first-order chi connectivity index (χ1) is 15.6. The fourth-order valence-corrected chi connectivity index (χ4v) is 3.69. The molecule has 0 bridgehead atoms. The zero-order valence-electron chi connectivity index (χ0n) is 17.8. The van der Waals surface area contributed by atoms with Crippen molar-refractivity contribution in [1.82, 2.24) is 10.3 Å². The molecule has 1 amide bonds. The predicted molar refractivity (Wildman–Crippen MR) is 123 cm³/mol. The Hall–Kier alpha value is -2.90. The van der Waals surface area contributed by atoms with Crippen LogP contribution in [-0.4, -0.2) is 51.5 Å². The number of carbonyl (C=O) groups is 1. The summed E-state index contributed by atoms with van der Waals surface area (Å²) in [5, 5.41) is 47.8. The maximum atomic E-state index is 12.3. The van der Waals surface area contributed by atoms with E-state index in [9.17, 15) is 25.2 Å². The number of hydrogen-bond acceptors (Lipinski definition) is 10. The molecule has 1 unspecified atom stereocenters. The standard InChI is InChI=1S/C22H26N4O6S/c1-32-17(14-5-3-2-4-6-14)11-24-13-21(28,29)15-7-9-16(10-8-15)25-19(27)22(30,31)18-12-33-20(23)26-18/h2-10,12,17,24,28-31H,11,13H2,1H3,(H2,23,26)(H,25,27). The maximum Gasteiger partial charge on any atom is 0.291 e. The molecular formula is C22H26N4O6S. The molecule has 0 spiro atoms. The van der Waals surface area contributed by atoms with Gasteiger partial charge in [-0.15, -0.1) is 11.3 Å². The minimum absolute atomic E-state index is 0.0889. The number of amides is 1. The molecule has 0 saturated carbocycles. The third-order valence-corrected chi connectivity index (χ3v) is 5.63. The number of aromatic nitrogens is 1. The fraction of sp³-hybridized carbons (Fsp3) is 0.273. The molecule has 0 fully saturated rings. The summed E-state index contributed by atoms with van der Waals surface area (Å²) in [5.41, 5.74) is 6.52. The molecule has 1 atom stereocenters. The van der Waals surface area contributed by atoms with Gasteiger partial charge in [-0.3, -0.25) is 4.79 Å². The number of aliphatic hydroxyl groups is 4. The third kappa shape index (κ3) is 6.12. The van der Waals surface area contributed by atoms with Gasteiger partial charge in [0.15, 0.2) is 5.13 Å². The summed E-state index contributed by atoms with van der Waals surface area (Å²) < 4.78 is 5.45. The van der Waals surface area contributed by atoms with Crippen LogP contribution in [0.25, 0.3) is 0 Å². The highest BCUT2D eigenvalue weighted by atomic mass is 32.1. The van der Waals surface area contributed by atoms with Crippen molar-refractivity contribution in [2.45, 2.75) is 17.7 Å². The second-order valence-corrected chi connectivity index (χ2v) is 8.25. The van der Waals surface area contributed by atoms with Gasteiger partial charge in [0, 0.05) is 30.3 Å². The lowest BCUT2D eigenvalue weighted by Gasteiger charge is -2.25. The summed E-state index contributed by atoms with van der Waals surface area (Å²) in [6.07, 6.45) is -0.259. The number of ether oxygens (including phenoxy) is 1. The van der Waals surface area contributed by atoms with E-state index in [-0.39, 0.29) is 34.7 Å². The Bertz CT molecular complexity index is 1060. The molecule has 8 N–H and O–H groups in total. The van der Waals surface area contributed by atoms with Gasteiger partial charge in [-0.25, -0.2) is 4.98 Å². The van der Waals surface area contributed by atoms with Crippen LogP contribution in [0.3, 0.4) is 0 Å². The number of methoxy groups -OCH3 is 1. The van der Waals surface area contributed by atoms with E-state index in [1.807, 2.05) is 30.3 Å². The molecule has 11 heteroatoms. The Kier molecular flexibility index (Phi) is 7.76. The monoisotopic (exact) mass is 474 g/mol. The fourth-order valence-electron chi connectivity index (χ4n) is 3.09. The molecule has 0 aliphatic heterocycles. The zero-order chi connectivity index (χ0) is 24.1. The number of carbonyl (C=O) groups excluding carboxylic acids is 1. The van der Waals surface area contributed by atoms with E-state index in [0.717, 1.165) is 16.9 Å². The highest BCUT2D eigenvalue weighted by Gasteiger charge is 2.38. The minimum atomic E-state index is -2.87. The quantitative estimate of drug-likeness (QED) is 0.208. The van der Waals surface area contributed by atoms with Crippen molar-refractivity contribution in [2.24, 2.45) is 0 Å². The van der Waals surface area contributed by atoms with Gasteiger partial charge in [-0.2, -0.15) is 0 Å². The van der Waals surface area contributed by atoms with E-state index in [1.165, 1.54) is 29.6 Å². The van der Waals surface area contributed by atoms with Gasteiger partial charge in [0.05, 0.1) is 12.6 Å². The van der Waals surface area contributed by atoms with Crippen molar-refractivity contribution in [1.29, 1.82) is 0 Å². The smallest absolute Gasteiger partial charge is 0.291 e. The van der Waals surface area contributed by atoms with Crippen LogP contribution >= 0.6 is 11.3 Å². The molecular weight excluding hydrogens is 448 g/mol. The molecule has 176 valence electrons. The van der Waals surface area contributed by atoms with Gasteiger partial charge in [0.25, 0.3) is 11.7 Å². The summed E-state index contributed by atoms with van der Waals surface area (Å²) in [4.78, 5) is 16.0. The second kappa shape index (κ2) is 10.4. The number of benzene rings is 2. The summed E-state index contributed by atoms with van der Waals surface area (Å²) in [5.74, 6) is -6.19. The largest absolute Gasteiger partial charge is 0.375 e. The predicted octanol–water partition coefficient (Wildman–Crippen LogP) is 0.616. The van der Waals surface area contributed by atoms with E-state index in [4.69, 9.17) is 10.5 Å². The number of anilines is 2. The number of hydrogen-bond donors (Lipinski definition) is 7. The van der Waals surface area contributed by atoms with Crippen LogP contribution < -0.4 is 16.4 Å². The molecule has 33 heavy (non-hydrogen) atoms. The summed E-state index contributed by atoms with van der Waals surface area (Å²) >= 11 is 0.965. The summed E-state index contributed by atoms with van der Waals surface area (Å²) in [6.45, 7) is 0.181. The van der Waals surface area contributed by atoms with Crippen LogP contribution in [-0.2, 0) is 21.1 Å². The van der Waals surface area contributed by atoms with Gasteiger partial charge < -0.3 is 41.5 Å². The first-order valence-corrected chi connectivity index (χ1v) is 10.8. The van der Waals surface area contributed by atoms with Gasteiger partial charge in [0.1, 0.15) is 5.69 Å². The molecule has 0 saturated heterocycles. The molecule has 0 aliphatic rings. The third-order valence-electron chi connectivity index (χ3n) is 4.96. The van der Waals surface area contributed by atoms with E-state index in [0.29, 0.717) is 6.54 Å². The van der Waals surface area contributed by atoms with Gasteiger partial charge in [-0.1, -0.05) is 42.5 Å². The van der Waals surface area contributed by atoms with Crippen LogP contribution in [0.15, 0.2) is 60.0 Å². The van der Waals surface area contributed by atoms with Crippen LogP contribution in [0.5, 0.6) is 0 Å². The van der Waals surface area contributed by atoms with Crippen molar-refractivity contribution >= 4 is 28.1 Å². The van der Waals surface area contributed by atoms with Crippen LogP contribution in [0.1, 0.15) is 22.9 Å². The Morgan fingerprint density at radius 2 is 1.79 bits per heavy atom. The van der Waals surface area contributed by atoms with E-state index < -0.39 is 17.5 Å². The van der Waals surface area contributed by atoms with E-state index in [1.54, 1.807) is 7.11 Å². The molecule has 1 aromatic heterocycles. The average molecular weight is 475 g/mol. The maximum absolute atomic E-state index is 12.3. The molecule has 2 aromatic carbocycles. The molecule has 0 radical (unpaired) electrons. The Labute approximate surface area is 194 Å². The van der Waals surface area contributed by atoms with Crippen molar-refractivity contribution in [3.8, 4) is 0 Å². The average Bonchev–Trinajstić information content (AvgIpc) is 3.25. The van der Waals surface area contributed by atoms with Crippen LogP contribution in [0, 0.1) is 0 Å². The van der Waals surface area contributed by atoms with Gasteiger partial charge in [-0.05, 0) is 17.7 Å². The summed E-state index contributed by atoms with van der Waals surface area (Å²) in [6, 6.07) is 15.2. The number of nitrogen functional groups attached to an aromatic ring is 1. The highest BCUT2D eigenvalue weighted by Crippen LogP contribution is 2.25. The molecule has 3 rings (SSSR count). The lowest BCUT2D eigenvalue weighted by atomic mass is 10.0. The number of thiazole rings is 1. The Morgan fingerprint density at radius 1 is 1.12 bits per heavy atom. The first kappa shape index (κ1) is 24.7. The minimum Gasteiger partial charge on any atom is -0.375 e. The Morgan fingerprint density at radius 3 is 2.36 bits per heavy atom. The number of nitrogens with one attached hydrogen (secondary N) is 2. The second-order valence-electron chi connectivity index (χ2n) is 7.36.